The molecular formula is C11H12O5. The fourth-order valence-corrected chi connectivity index (χ4v) is 1.11. The van der Waals surface area contributed by atoms with Crippen molar-refractivity contribution in [3.05, 3.63) is 35.4 Å². The number of rotatable bonds is 5. The summed E-state index contributed by atoms with van der Waals surface area (Å²) < 4.78 is 9.43. The van der Waals surface area contributed by atoms with Crippen LogP contribution in [0.15, 0.2) is 24.3 Å². The number of carbonyl (C=O) groups is 2. The van der Waals surface area contributed by atoms with Crippen molar-refractivity contribution in [2.75, 3.05) is 13.7 Å². The minimum atomic E-state index is -1.01. The molecule has 0 saturated heterocycles. The maximum absolute atomic E-state index is 11.1. The summed E-state index contributed by atoms with van der Waals surface area (Å²) in [6, 6.07) is 6.58. The minimum Gasteiger partial charge on any atom is -0.480 e. The first kappa shape index (κ1) is 12.2. The van der Waals surface area contributed by atoms with Crippen LogP contribution < -0.4 is 0 Å². The zero-order valence-corrected chi connectivity index (χ0v) is 8.80. The van der Waals surface area contributed by atoms with Gasteiger partial charge >= 0.3 is 11.9 Å². The number of ether oxygens (including phenoxy) is 2. The summed E-state index contributed by atoms with van der Waals surface area (Å²) in [5.41, 5.74) is 1.25. The van der Waals surface area contributed by atoms with Crippen molar-refractivity contribution < 1.29 is 24.2 Å². The van der Waals surface area contributed by atoms with Crippen LogP contribution in [-0.2, 0) is 20.9 Å². The zero-order valence-electron chi connectivity index (χ0n) is 8.80. The summed E-state index contributed by atoms with van der Waals surface area (Å²) in [7, 11) is 1.31. The van der Waals surface area contributed by atoms with Crippen LogP contribution in [0.25, 0.3) is 0 Å². The summed E-state index contributed by atoms with van der Waals surface area (Å²) in [6.45, 7) is -0.132. The van der Waals surface area contributed by atoms with Gasteiger partial charge in [0.15, 0.2) is 0 Å². The first-order valence-corrected chi connectivity index (χ1v) is 4.60. The van der Waals surface area contributed by atoms with E-state index in [4.69, 9.17) is 9.84 Å². The fraction of sp³-hybridized carbons (Fsp3) is 0.273. The number of methoxy groups -OCH3 is 1. The lowest BCUT2D eigenvalue weighted by Gasteiger charge is -2.03. The Hall–Kier alpha value is -1.88. The van der Waals surface area contributed by atoms with Crippen molar-refractivity contribution in [1.29, 1.82) is 0 Å². The average Bonchev–Trinajstić information content (AvgIpc) is 2.28. The Balaban J connectivity index is 2.51. The van der Waals surface area contributed by atoms with Crippen LogP contribution in [0.4, 0.5) is 0 Å². The molecule has 0 saturated carbocycles. The van der Waals surface area contributed by atoms with Gasteiger partial charge in [-0.25, -0.2) is 9.59 Å². The smallest absolute Gasteiger partial charge is 0.337 e. The lowest BCUT2D eigenvalue weighted by molar-refractivity contribution is -0.142. The minimum absolute atomic E-state index is 0.202. The van der Waals surface area contributed by atoms with E-state index >= 15 is 0 Å². The van der Waals surface area contributed by atoms with Crippen molar-refractivity contribution in [2.45, 2.75) is 6.61 Å². The summed E-state index contributed by atoms with van der Waals surface area (Å²) in [6.07, 6.45) is 0. The molecule has 0 spiro atoms. The van der Waals surface area contributed by atoms with Gasteiger partial charge < -0.3 is 14.6 Å². The van der Waals surface area contributed by atoms with Gasteiger partial charge in [-0.3, -0.25) is 0 Å². The predicted molar refractivity (Wildman–Crippen MR) is 55.1 cm³/mol. The Morgan fingerprint density at radius 2 is 1.88 bits per heavy atom. The lowest BCUT2D eigenvalue weighted by atomic mass is 10.1. The molecule has 0 aliphatic rings. The summed E-state index contributed by atoms with van der Waals surface area (Å²) in [5.74, 6) is -1.41. The molecule has 1 aromatic carbocycles. The number of aliphatic carboxylic acids is 1. The second kappa shape index (κ2) is 5.87. The van der Waals surface area contributed by atoms with E-state index in [1.807, 2.05) is 0 Å². The molecule has 0 unspecified atom stereocenters. The quantitative estimate of drug-likeness (QED) is 0.757. The number of hydrogen-bond acceptors (Lipinski definition) is 4. The molecule has 0 radical (unpaired) electrons. The van der Waals surface area contributed by atoms with Crippen molar-refractivity contribution in [1.82, 2.24) is 0 Å². The highest BCUT2D eigenvalue weighted by atomic mass is 16.5. The largest absolute Gasteiger partial charge is 0.480 e. The van der Waals surface area contributed by atoms with Gasteiger partial charge in [-0.1, -0.05) is 12.1 Å². The Kier molecular flexibility index (Phi) is 4.47. The maximum Gasteiger partial charge on any atom is 0.337 e. The van der Waals surface area contributed by atoms with E-state index in [0.717, 1.165) is 5.56 Å². The van der Waals surface area contributed by atoms with Gasteiger partial charge in [0, 0.05) is 0 Å². The molecule has 0 fully saturated rings. The summed E-state index contributed by atoms with van der Waals surface area (Å²) >= 11 is 0. The highest BCUT2D eigenvalue weighted by molar-refractivity contribution is 5.89. The third-order valence-corrected chi connectivity index (χ3v) is 1.87. The number of esters is 1. The lowest BCUT2D eigenvalue weighted by Crippen LogP contribution is -2.07. The Bertz CT molecular complexity index is 368. The average molecular weight is 224 g/mol. The third-order valence-electron chi connectivity index (χ3n) is 1.87. The van der Waals surface area contributed by atoms with Gasteiger partial charge in [-0.15, -0.1) is 0 Å². The number of carboxylic acids is 1. The molecule has 5 heteroatoms. The van der Waals surface area contributed by atoms with Crippen LogP contribution in [0.5, 0.6) is 0 Å². The van der Waals surface area contributed by atoms with E-state index in [2.05, 4.69) is 4.74 Å². The van der Waals surface area contributed by atoms with E-state index in [0.29, 0.717) is 5.56 Å². The molecule has 0 aliphatic heterocycles. The van der Waals surface area contributed by atoms with E-state index in [1.165, 1.54) is 7.11 Å². The third kappa shape index (κ3) is 3.70. The van der Waals surface area contributed by atoms with Crippen LogP contribution in [0.2, 0.25) is 0 Å². The number of carboxylic acid groups (broad SMARTS) is 1. The first-order valence-electron chi connectivity index (χ1n) is 4.60. The van der Waals surface area contributed by atoms with E-state index in [-0.39, 0.29) is 13.2 Å². The molecule has 1 aromatic rings. The molecule has 1 rings (SSSR count). The van der Waals surface area contributed by atoms with Gasteiger partial charge in [0.05, 0.1) is 19.3 Å². The molecule has 0 amide bonds. The first-order chi connectivity index (χ1) is 7.63. The van der Waals surface area contributed by atoms with Crippen molar-refractivity contribution in [2.24, 2.45) is 0 Å². The second-order valence-corrected chi connectivity index (χ2v) is 3.08. The van der Waals surface area contributed by atoms with E-state index in [1.54, 1.807) is 24.3 Å². The predicted octanol–water partition coefficient (Wildman–Crippen LogP) is 1.07. The molecule has 86 valence electrons. The normalized spacial score (nSPS) is 9.81. The van der Waals surface area contributed by atoms with Crippen molar-refractivity contribution in [3.63, 3.8) is 0 Å². The topological polar surface area (TPSA) is 72.8 Å². The van der Waals surface area contributed by atoms with Gasteiger partial charge in [-0.05, 0) is 17.7 Å². The number of carbonyl (C=O) groups excluding carboxylic acids is 1. The monoisotopic (exact) mass is 224 g/mol. The second-order valence-electron chi connectivity index (χ2n) is 3.08. The molecule has 0 aliphatic carbocycles. The zero-order chi connectivity index (χ0) is 12.0. The molecule has 1 N–H and O–H groups in total. The number of benzene rings is 1. The number of hydrogen-bond donors (Lipinski definition) is 1. The summed E-state index contributed by atoms with van der Waals surface area (Å²) in [4.78, 5) is 21.3. The molecule has 0 bridgehead atoms. The highest BCUT2D eigenvalue weighted by Crippen LogP contribution is 2.06. The van der Waals surface area contributed by atoms with Crippen molar-refractivity contribution in [3.8, 4) is 0 Å². The summed E-state index contributed by atoms with van der Waals surface area (Å²) in [5, 5.41) is 8.35. The van der Waals surface area contributed by atoms with Crippen LogP contribution in [0.3, 0.4) is 0 Å². The van der Waals surface area contributed by atoms with Crippen LogP contribution in [-0.4, -0.2) is 30.8 Å². The Labute approximate surface area is 92.6 Å². The van der Waals surface area contributed by atoms with Crippen molar-refractivity contribution >= 4 is 11.9 Å². The standard InChI is InChI=1S/C11H12O5/c1-15-11(14)9-4-2-8(3-5-9)6-16-7-10(12)13/h2-5H,6-7H2,1H3,(H,12,13). The van der Waals surface area contributed by atoms with Crippen LogP contribution in [0.1, 0.15) is 15.9 Å². The molecule has 0 heterocycles. The van der Waals surface area contributed by atoms with Gasteiger partial charge in [0.25, 0.3) is 0 Å². The molecule has 5 nitrogen and oxygen atoms in total. The fourth-order valence-electron chi connectivity index (χ4n) is 1.11. The molecule has 0 atom stereocenters. The maximum atomic E-state index is 11.1. The van der Waals surface area contributed by atoms with E-state index in [9.17, 15) is 9.59 Å². The van der Waals surface area contributed by atoms with Crippen LogP contribution in [0, 0.1) is 0 Å². The van der Waals surface area contributed by atoms with Gasteiger partial charge in [-0.2, -0.15) is 0 Å². The molecule has 0 aromatic heterocycles. The van der Waals surface area contributed by atoms with Gasteiger partial charge in [0.2, 0.25) is 0 Å². The Morgan fingerprint density at radius 1 is 1.25 bits per heavy atom. The highest BCUT2D eigenvalue weighted by Gasteiger charge is 2.04. The Morgan fingerprint density at radius 3 is 2.38 bits per heavy atom. The van der Waals surface area contributed by atoms with Crippen LogP contribution >= 0.6 is 0 Å². The van der Waals surface area contributed by atoms with Gasteiger partial charge in [0.1, 0.15) is 6.61 Å². The SMILES string of the molecule is COC(=O)c1ccc(COCC(=O)O)cc1. The molecule has 16 heavy (non-hydrogen) atoms. The molecular weight excluding hydrogens is 212 g/mol. The van der Waals surface area contributed by atoms with E-state index < -0.39 is 11.9 Å².